The number of rotatable bonds is 6. The van der Waals surface area contributed by atoms with Crippen LogP contribution in [0.15, 0.2) is 51.8 Å². The van der Waals surface area contributed by atoms with Crippen LogP contribution in [0.1, 0.15) is 18.9 Å². The van der Waals surface area contributed by atoms with Crippen molar-refractivity contribution >= 4 is 43.6 Å². The lowest BCUT2D eigenvalue weighted by Crippen LogP contribution is -2.48. The Kier molecular flexibility index (Phi) is 6.91. The van der Waals surface area contributed by atoms with E-state index in [1.807, 2.05) is 0 Å². The summed E-state index contributed by atoms with van der Waals surface area (Å²) in [4.78, 5) is 23.4. The van der Waals surface area contributed by atoms with Gasteiger partial charge >= 0.3 is 18.1 Å². The normalized spacial score (nSPS) is 17.8. The molecule has 8 nitrogen and oxygen atoms in total. The minimum atomic E-state index is -4.76. The predicted molar refractivity (Wildman–Crippen MR) is 117 cm³/mol. The summed E-state index contributed by atoms with van der Waals surface area (Å²) in [5, 5.41) is 9.61. The summed E-state index contributed by atoms with van der Waals surface area (Å²) in [5.74, 6) is -2.51. The number of carboxylic acids is 1. The van der Waals surface area contributed by atoms with Crippen molar-refractivity contribution in [3.05, 3.63) is 52.5 Å². The van der Waals surface area contributed by atoms with Crippen LogP contribution in [0.25, 0.3) is 0 Å². The van der Waals surface area contributed by atoms with Crippen molar-refractivity contribution in [3.63, 3.8) is 0 Å². The lowest BCUT2D eigenvalue weighted by Gasteiger charge is -2.37. The summed E-state index contributed by atoms with van der Waals surface area (Å²) in [6.07, 6.45) is -6.35. The molecule has 1 aliphatic heterocycles. The molecule has 0 spiro atoms. The fourth-order valence-electron chi connectivity index (χ4n) is 3.52. The van der Waals surface area contributed by atoms with E-state index < -0.39 is 63.1 Å². The fraction of sp³-hybridized carbons (Fsp3) is 0.333. The number of fused-ring (bicyclic) bond motifs is 1. The zero-order chi connectivity index (χ0) is 25.5. The third-order valence-electron chi connectivity index (χ3n) is 5.35. The summed E-state index contributed by atoms with van der Waals surface area (Å²) in [7, 11) is -3.52. The monoisotopic (exact) mass is 565 g/mol. The van der Waals surface area contributed by atoms with E-state index in [0.717, 1.165) is 36.5 Å². The number of sulfonamides is 1. The molecule has 2 aromatic carbocycles. The molecule has 0 saturated carbocycles. The number of carboxylic acid groups (broad SMARTS) is 1. The van der Waals surface area contributed by atoms with Crippen molar-refractivity contribution in [2.45, 2.75) is 30.5 Å². The highest BCUT2D eigenvalue weighted by molar-refractivity contribution is 9.10. The van der Waals surface area contributed by atoms with Gasteiger partial charge in [0.05, 0.1) is 29.8 Å². The molecule has 0 aliphatic carbocycles. The highest BCUT2D eigenvalue weighted by atomic mass is 79.9. The largest absolute Gasteiger partial charge is 0.486 e. The Morgan fingerprint density at radius 1 is 1.24 bits per heavy atom. The summed E-state index contributed by atoms with van der Waals surface area (Å²) < 4.78 is 78.2. The second-order valence-corrected chi connectivity index (χ2v) is 10.5. The lowest BCUT2D eigenvalue weighted by molar-refractivity contribution is -0.167. The van der Waals surface area contributed by atoms with E-state index in [4.69, 9.17) is 4.74 Å². The third kappa shape index (κ3) is 4.85. The summed E-state index contributed by atoms with van der Waals surface area (Å²) in [5.41, 5.74) is -3.16. The molecule has 0 saturated heterocycles. The topological polar surface area (TPSA) is 110 Å². The molecule has 1 unspecified atom stereocenters. The number of nitrogens with zero attached hydrogens (tertiary/aromatic N) is 1. The van der Waals surface area contributed by atoms with Crippen molar-refractivity contribution in [1.82, 2.24) is 0 Å². The average Bonchev–Trinajstić information content (AvgIpc) is 2.77. The Labute approximate surface area is 201 Å². The Hall–Kier alpha value is -2.80. The number of esters is 1. The van der Waals surface area contributed by atoms with E-state index in [1.54, 1.807) is 6.07 Å². The molecule has 1 N–H and O–H groups in total. The number of aliphatic carboxylic acids is 1. The van der Waals surface area contributed by atoms with Crippen LogP contribution >= 0.6 is 15.9 Å². The van der Waals surface area contributed by atoms with Crippen molar-refractivity contribution < 1.29 is 45.8 Å². The lowest BCUT2D eigenvalue weighted by atomic mass is 9.84. The van der Waals surface area contributed by atoms with E-state index in [1.165, 1.54) is 12.1 Å². The van der Waals surface area contributed by atoms with Crippen LogP contribution in [0.3, 0.4) is 0 Å². The molecule has 1 aliphatic rings. The number of alkyl halides is 3. The zero-order valence-electron chi connectivity index (χ0n) is 17.8. The standard InChI is InChI=1S/C21H19BrF3NO7S/c1-20(18(27)28,19(29)32-2)10-14-11-26(16-9-13(22)6-7-17(16)33-14)34(30,31)15-5-3-4-12(8-15)21(23,24)25/h3-9,14H,10-11H2,1-2H3,(H,27,28)/t14-,20?/m0/s1. The molecule has 1 heterocycles. The van der Waals surface area contributed by atoms with Gasteiger partial charge in [0.1, 0.15) is 11.9 Å². The van der Waals surface area contributed by atoms with Crippen molar-refractivity contribution in [3.8, 4) is 5.75 Å². The molecular weight excluding hydrogens is 547 g/mol. The Balaban J connectivity index is 2.08. The van der Waals surface area contributed by atoms with Gasteiger partial charge in [-0.3, -0.25) is 13.9 Å². The number of benzene rings is 2. The summed E-state index contributed by atoms with van der Waals surface area (Å²) in [6, 6.07) is 7.67. The molecule has 0 fully saturated rings. The van der Waals surface area contributed by atoms with Crippen LogP contribution in [-0.4, -0.2) is 45.2 Å². The van der Waals surface area contributed by atoms with Gasteiger partial charge in [-0.2, -0.15) is 13.2 Å². The van der Waals surface area contributed by atoms with E-state index in [9.17, 15) is 36.3 Å². The van der Waals surface area contributed by atoms with E-state index in [2.05, 4.69) is 20.7 Å². The Bertz CT molecular complexity index is 1240. The number of carbonyl (C=O) groups excluding carboxylic acids is 1. The summed E-state index contributed by atoms with van der Waals surface area (Å²) in [6.45, 7) is 0.662. The molecule has 2 atom stereocenters. The minimum absolute atomic E-state index is 0.0399. The Morgan fingerprint density at radius 2 is 1.91 bits per heavy atom. The highest BCUT2D eigenvalue weighted by Crippen LogP contribution is 2.41. The smallest absolute Gasteiger partial charge is 0.416 e. The predicted octanol–water partition coefficient (Wildman–Crippen LogP) is 4.08. The zero-order valence-corrected chi connectivity index (χ0v) is 20.2. The SMILES string of the molecule is COC(=O)C(C)(C[C@H]1CN(S(=O)(=O)c2cccc(C(F)(F)F)c2)c2cc(Br)ccc2O1)C(=O)O. The number of hydrogen-bond acceptors (Lipinski definition) is 6. The molecule has 2 aromatic rings. The van der Waals surface area contributed by atoms with Gasteiger partial charge in [-0.25, -0.2) is 8.42 Å². The first kappa shape index (κ1) is 25.8. The molecule has 0 bridgehead atoms. The highest BCUT2D eigenvalue weighted by Gasteiger charge is 2.47. The second kappa shape index (κ2) is 9.10. The average molecular weight is 566 g/mol. The van der Waals surface area contributed by atoms with Crippen molar-refractivity contribution in [2.24, 2.45) is 5.41 Å². The van der Waals surface area contributed by atoms with E-state index >= 15 is 0 Å². The van der Waals surface area contributed by atoms with Gasteiger partial charge in [0.2, 0.25) is 0 Å². The van der Waals surface area contributed by atoms with E-state index in [0.29, 0.717) is 10.5 Å². The summed E-state index contributed by atoms with van der Waals surface area (Å²) >= 11 is 3.23. The van der Waals surface area contributed by atoms with Gasteiger partial charge < -0.3 is 14.6 Å². The van der Waals surface area contributed by atoms with Crippen molar-refractivity contribution in [1.29, 1.82) is 0 Å². The van der Waals surface area contributed by atoms with Crippen LogP contribution in [0.5, 0.6) is 5.75 Å². The third-order valence-corrected chi connectivity index (χ3v) is 7.61. The number of halogens is 4. The maximum absolute atomic E-state index is 13.5. The molecule has 0 aromatic heterocycles. The molecule has 0 radical (unpaired) electrons. The van der Waals surface area contributed by atoms with Crippen LogP contribution in [0.4, 0.5) is 18.9 Å². The number of anilines is 1. The Morgan fingerprint density at radius 3 is 2.50 bits per heavy atom. The van der Waals surface area contributed by atoms with Gasteiger partial charge in [-0.15, -0.1) is 0 Å². The molecular formula is C21H19BrF3NO7S. The van der Waals surface area contributed by atoms with Crippen LogP contribution in [0.2, 0.25) is 0 Å². The first-order valence-electron chi connectivity index (χ1n) is 9.68. The van der Waals surface area contributed by atoms with Crippen molar-refractivity contribution in [2.75, 3.05) is 18.0 Å². The maximum Gasteiger partial charge on any atom is 0.416 e. The molecule has 3 rings (SSSR count). The first-order chi connectivity index (χ1) is 15.7. The van der Waals surface area contributed by atoms with E-state index in [-0.39, 0.29) is 11.4 Å². The van der Waals surface area contributed by atoms with Gasteiger partial charge in [-0.05, 0) is 43.3 Å². The number of methoxy groups -OCH3 is 1. The molecule has 184 valence electrons. The maximum atomic E-state index is 13.5. The molecule has 34 heavy (non-hydrogen) atoms. The van der Waals surface area contributed by atoms with Crippen LogP contribution < -0.4 is 9.04 Å². The van der Waals surface area contributed by atoms with Crippen LogP contribution in [-0.2, 0) is 30.5 Å². The van der Waals surface area contributed by atoms with Gasteiger partial charge in [-0.1, -0.05) is 22.0 Å². The first-order valence-corrected chi connectivity index (χ1v) is 11.9. The minimum Gasteiger partial charge on any atom is -0.486 e. The van der Waals surface area contributed by atoms with Gasteiger partial charge in [0.25, 0.3) is 10.0 Å². The van der Waals surface area contributed by atoms with Crippen LogP contribution in [0, 0.1) is 5.41 Å². The number of carbonyl (C=O) groups is 2. The molecule has 0 amide bonds. The fourth-order valence-corrected chi connectivity index (χ4v) is 5.41. The molecule has 13 heteroatoms. The van der Waals surface area contributed by atoms with Gasteiger partial charge in [0.15, 0.2) is 5.41 Å². The quantitative estimate of drug-likeness (QED) is 0.415. The van der Waals surface area contributed by atoms with Gasteiger partial charge in [0, 0.05) is 10.9 Å². The number of ether oxygens (including phenoxy) is 2. The second-order valence-electron chi connectivity index (χ2n) is 7.75. The number of hydrogen-bond donors (Lipinski definition) is 1.